The van der Waals surface area contributed by atoms with Gasteiger partial charge in [0.2, 0.25) is 0 Å². The summed E-state index contributed by atoms with van der Waals surface area (Å²) in [4.78, 5) is 38.4. The van der Waals surface area contributed by atoms with Crippen molar-refractivity contribution in [3.05, 3.63) is 48.6 Å². The van der Waals surface area contributed by atoms with E-state index < -0.39 is 6.10 Å². The van der Waals surface area contributed by atoms with E-state index in [2.05, 4.69) is 69.4 Å². The fraction of sp³-hybridized carbons (Fsp3) is 0.849. The smallest absolute Gasteiger partial charge is 0.306 e. The number of rotatable bonds is 65. The minimum atomic E-state index is -0.771. The molecule has 1 unspecified atom stereocenters. The van der Waals surface area contributed by atoms with Crippen molar-refractivity contribution in [2.24, 2.45) is 0 Å². The first kappa shape index (κ1) is 76.4. The predicted molar refractivity (Wildman–Crippen MR) is 344 cm³/mol. The van der Waals surface area contributed by atoms with E-state index >= 15 is 0 Å². The molecule has 1 atom stereocenters. The molecule has 0 aromatic carbocycles. The Labute approximate surface area is 492 Å². The highest BCUT2D eigenvalue weighted by atomic mass is 16.6. The summed E-state index contributed by atoms with van der Waals surface area (Å²) >= 11 is 0. The van der Waals surface area contributed by atoms with E-state index in [0.29, 0.717) is 19.3 Å². The van der Waals surface area contributed by atoms with Crippen molar-refractivity contribution in [1.82, 2.24) is 0 Å². The van der Waals surface area contributed by atoms with Gasteiger partial charge in [0.25, 0.3) is 0 Å². The van der Waals surface area contributed by atoms with Gasteiger partial charge in [-0.2, -0.15) is 0 Å². The molecule has 0 heterocycles. The Hall–Kier alpha value is -2.63. The second kappa shape index (κ2) is 67.9. The van der Waals surface area contributed by atoms with Gasteiger partial charge in [0.1, 0.15) is 13.2 Å². The van der Waals surface area contributed by atoms with Crippen LogP contribution in [0.1, 0.15) is 380 Å². The normalized spacial score (nSPS) is 12.3. The lowest BCUT2D eigenvalue weighted by Gasteiger charge is -2.18. The van der Waals surface area contributed by atoms with Crippen molar-refractivity contribution in [2.45, 2.75) is 386 Å². The third kappa shape index (κ3) is 66.1. The van der Waals surface area contributed by atoms with Crippen LogP contribution in [-0.2, 0) is 28.6 Å². The molecule has 0 aliphatic carbocycles. The van der Waals surface area contributed by atoms with Crippen LogP contribution in [0.5, 0.6) is 0 Å². The molecule has 0 aliphatic rings. The van der Waals surface area contributed by atoms with Crippen LogP contribution < -0.4 is 0 Å². The summed E-state index contributed by atoms with van der Waals surface area (Å²) in [5.41, 5.74) is 0. The molecule has 0 aromatic rings. The maximum absolute atomic E-state index is 12.9. The Morgan fingerprint density at radius 2 is 0.494 bits per heavy atom. The van der Waals surface area contributed by atoms with Crippen LogP contribution in [-0.4, -0.2) is 37.2 Å². The van der Waals surface area contributed by atoms with E-state index in [-0.39, 0.29) is 31.1 Å². The molecule has 0 N–H and O–H groups in total. The first-order chi connectivity index (χ1) is 39.0. The second-order valence-corrected chi connectivity index (χ2v) is 23.8. The van der Waals surface area contributed by atoms with E-state index in [1.165, 1.54) is 257 Å². The summed E-state index contributed by atoms with van der Waals surface area (Å²) in [5.74, 6) is -0.841. The molecule has 0 radical (unpaired) electrons. The number of carbonyl (C=O) groups is 3. The number of carbonyl (C=O) groups excluding carboxylic acids is 3. The molecule has 6 heteroatoms. The predicted octanol–water partition coefficient (Wildman–Crippen LogP) is 24.1. The van der Waals surface area contributed by atoms with Gasteiger partial charge < -0.3 is 14.2 Å². The van der Waals surface area contributed by atoms with Crippen LogP contribution >= 0.6 is 0 Å². The van der Waals surface area contributed by atoms with Gasteiger partial charge in [-0.3, -0.25) is 14.4 Å². The van der Waals surface area contributed by atoms with Crippen molar-refractivity contribution in [3.63, 3.8) is 0 Å². The summed E-state index contributed by atoms with van der Waals surface area (Å²) in [6.45, 7) is 6.60. The highest BCUT2D eigenvalue weighted by Crippen LogP contribution is 2.19. The molecule has 0 saturated heterocycles. The molecule has 0 spiro atoms. The molecule has 79 heavy (non-hydrogen) atoms. The second-order valence-electron chi connectivity index (χ2n) is 23.8. The Kier molecular flexibility index (Phi) is 65.6. The summed E-state index contributed by atoms with van der Waals surface area (Å²) in [6, 6.07) is 0. The Balaban J connectivity index is 4.21. The topological polar surface area (TPSA) is 78.9 Å². The molecular formula is C73H134O6. The van der Waals surface area contributed by atoms with Gasteiger partial charge in [-0.05, 0) is 57.8 Å². The number of unbranched alkanes of at least 4 members (excludes halogenated alkanes) is 46. The maximum Gasteiger partial charge on any atom is 0.306 e. The molecule has 0 bridgehead atoms. The van der Waals surface area contributed by atoms with Crippen LogP contribution in [0.4, 0.5) is 0 Å². The SMILES string of the molecule is CC/C=C\C/C=C\C/C=C\C/C=C\CCCCCCCCCCCCCCC(=O)OCC(COC(=O)CCCCCCCCCCCCCC)OC(=O)CCCCCCCCCCCCCCCCCCCCCCCCCC. The van der Waals surface area contributed by atoms with E-state index in [9.17, 15) is 14.4 Å². The van der Waals surface area contributed by atoms with Gasteiger partial charge in [-0.1, -0.05) is 352 Å². The third-order valence-electron chi connectivity index (χ3n) is 15.8. The van der Waals surface area contributed by atoms with Crippen molar-refractivity contribution in [1.29, 1.82) is 0 Å². The van der Waals surface area contributed by atoms with Crippen LogP contribution in [0.25, 0.3) is 0 Å². The third-order valence-corrected chi connectivity index (χ3v) is 15.8. The van der Waals surface area contributed by atoms with E-state index in [0.717, 1.165) is 83.5 Å². The zero-order valence-corrected chi connectivity index (χ0v) is 53.2. The minimum absolute atomic E-state index is 0.0672. The maximum atomic E-state index is 12.9. The molecule has 462 valence electrons. The van der Waals surface area contributed by atoms with Gasteiger partial charge in [-0.25, -0.2) is 0 Å². The highest BCUT2D eigenvalue weighted by Gasteiger charge is 2.19. The highest BCUT2D eigenvalue weighted by molar-refractivity contribution is 5.71. The summed E-state index contributed by atoms with van der Waals surface area (Å²) in [5, 5.41) is 0. The van der Waals surface area contributed by atoms with Crippen LogP contribution in [0.3, 0.4) is 0 Å². The zero-order valence-electron chi connectivity index (χ0n) is 53.2. The molecule has 0 fully saturated rings. The van der Waals surface area contributed by atoms with Gasteiger partial charge in [0.05, 0.1) is 0 Å². The molecular weight excluding hydrogens is 973 g/mol. The van der Waals surface area contributed by atoms with Crippen LogP contribution in [0, 0.1) is 0 Å². The molecule has 0 aromatic heterocycles. The molecule has 0 amide bonds. The Morgan fingerprint density at radius 1 is 0.266 bits per heavy atom. The Bertz CT molecular complexity index is 1360. The number of ether oxygens (including phenoxy) is 3. The quantitative estimate of drug-likeness (QED) is 0.0261. The average Bonchev–Trinajstić information content (AvgIpc) is 3.45. The van der Waals surface area contributed by atoms with Crippen molar-refractivity contribution >= 4 is 17.9 Å². The monoisotopic (exact) mass is 1110 g/mol. The fourth-order valence-corrected chi connectivity index (χ4v) is 10.6. The molecule has 6 nitrogen and oxygen atoms in total. The van der Waals surface area contributed by atoms with Crippen LogP contribution in [0.2, 0.25) is 0 Å². The lowest BCUT2D eigenvalue weighted by molar-refractivity contribution is -0.167. The first-order valence-electron chi connectivity index (χ1n) is 35.1. The number of allylic oxidation sites excluding steroid dienone is 8. The van der Waals surface area contributed by atoms with Crippen molar-refractivity contribution < 1.29 is 28.6 Å². The molecule has 0 aliphatic heterocycles. The zero-order chi connectivity index (χ0) is 57.1. The lowest BCUT2D eigenvalue weighted by Crippen LogP contribution is -2.30. The van der Waals surface area contributed by atoms with E-state index in [1.807, 2.05) is 0 Å². The average molecular weight is 1110 g/mol. The summed E-state index contributed by atoms with van der Waals surface area (Å²) < 4.78 is 17.0. The van der Waals surface area contributed by atoms with Crippen molar-refractivity contribution in [3.8, 4) is 0 Å². The minimum Gasteiger partial charge on any atom is -0.462 e. The number of esters is 3. The standard InChI is InChI=1S/C73H134O6/c1-4-7-10-13-16-19-22-25-27-29-31-33-35-37-39-40-42-44-46-48-51-54-57-60-63-66-72(75)78-69-70(68-77-71(74)65-62-59-56-53-50-24-21-18-15-12-9-6-3)79-73(76)67-64-61-58-55-52-49-47-45-43-41-38-36-34-32-30-28-26-23-20-17-14-11-8-5-2/h7,10,16,19,25,27,31,33,70H,4-6,8-9,11-15,17-18,20-24,26,28-30,32,34-69H2,1-3H3/b10-7-,19-16-,27-25-,33-31-. The summed E-state index contributed by atoms with van der Waals surface area (Å²) in [7, 11) is 0. The number of hydrogen-bond donors (Lipinski definition) is 0. The first-order valence-corrected chi connectivity index (χ1v) is 35.1. The number of hydrogen-bond acceptors (Lipinski definition) is 6. The van der Waals surface area contributed by atoms with Gasteiger partial charge in [0.15, 0.2) is 6.10 Å². The lowest BCUT2D eigenvalue weighted by atomic mass is 10.0. The summed E-state index contributed by atoms with van der Waals surface area (Å²) in [6.07, 6.45) is 85.7. The van der Waals surface area contributed by atoms with Gasteiger partial charge in [0, 0.05) is 19.3 Å². The van der Waals surface area contributed by atoms with Crippen molar-refractivity contribution in [2.75, 3.05) is 13.2 Å². The molecule has 0 saturated carbocycles. The van der Waals surface area contributed by atoms with E-state index in [4.69, 9.17) is 14.2 Å². The van der Waals surface area contributed by atoms with Gasteiger partial charge in [-0.15, -0.1) is 0 Å². The van der Waals surface area contributed by atoms with E-state index in [1.54, 1.807) is 0 Å². The van der Waals surface area contributed by atoms with Crippen LogP contribution in [0.15, 0.2) is 48.6 Å². The molecule has 0 rings (SSSR count). The van der Waals surface area contributed by atoms with Gasteiger partial charge >= 0.3 is 17.9 Å². The largest absolute Gasteiger partial charge is 0.462 e. The Morgan fingerprint density at radius 3 is 0.772 bits per heavy atom. The fourth-order valence-electron chi connectivity index (χ4n) is 10.6.